The molecule has 0 radical (unpaired) electrons. The molecule has 3 aromatic rings. The SMILES string of the molecule is COC(=O)c1ccc(CN(C(=O)N2CCSCC2)c2cccc3cnn(C)c23)c(F)c1. The van der Waals surface area contributed by atoms with Gasteiger partial charge in [0.2, 0.25) is 0 Å². The molecule has 7 nitrogen and oxygen atoms in total. The summed E-state index contributed by atoms with van der Waals surface area (Å²) in [4.78, 5) is 28.6. The number of methoxy groups -OCH3 is 1. The summed E-state index contributed by atoms with van der Waals surface area (Å²) in [5.74, 6) is 0.575. The molecular formula is C22H23FN4O3S. The van der Waals surface area contributed by atoms with E-state index in [1.807, 2.05) is 37.0 Å². The number of halogens is 1. The van der Waals surface area contributed by atoms with Crippen molar-refractivity contribution in [1.82, 2.24) is 14.7 Å². The molecule has 4 rings (SSSR count). The molecule has 1 aromatic heterocycles. The smallest absolute Gasteiger partial charge is 0.337 e. The minimum absolute atomic E-state index is 0.0278. The third-order valence-corrected chi connectivity index (χ3v) is 6.29. The molecule has 0 N–H and O–H groups in total. The Kier molecular flexibility index (Phi) is 6.13. The van der Waals surface area contributed by atoms with E-state index in [0.717, 1.165) is 28.5 Å². The van der Waals surface area contributed by atoms with Crippen molar-refractivity contribution < 1.29 is 18.7 Å². The Hall–Kier alpha value is -3.07. The van der Waals surface area contributed by atoms with Crippen LogP contribution in [0.15, 0.2) is 42.6 Å². The molecule has 0 saturated carbocycles. The van der Waals surface area contributed by atoms with Crippen molar-refractivity contribution >= 4 is 40.4 Å². The van der Waals surface area contributed by atoms with Crippen molar-refractivity contribution in [3.63, 3.8) is 0 Å². The lowest BCUT2D eigenvalue weighted by molar-refractivity contribution is 0.0600. The zero-order valence-corrected chi connectivity index (χ0v) is 18.2. The van der Waals surface area contributed by atoms with E-state index in [1.54, 1.807) is 20.7 Å². The maximum absolute atomic E-state index is 14.9. The van der Waals surface area contributed by atoms with Gasteiger partial charge < -0.3 is 9.64 Å². The zero-order valence-electron chi connectivity index (χ0n) is 17.4. The van der Waals surface area contributed by atoms with E-state index in [9.17, 15) is 14.0 Å². The highest BCUT2D eigenvalue weighted by Gasteiger charge is 2.27. The van der Waals surface area contributed by atoms with E-state index in [0.29, 0.717) is 24.3 Å². The van der Waals surface area contributed by atoms with Crippen LogP contribution in [0.2, 0.25) is 0 Å². The standard InChI is InChI=1S/C22H23FN4O3S/c1-25-20-16(13-24-25)4-3-5-19(20)27(22(29)26-8-10-31-11-9-26)14-17-7-6-15(12-18(17)23)21(28)30-2/h3-7,12-13H,8-11,14H2,1-2H3. The number of hydrogen-bond donors (Lipinski definition) is 0. The highest BCUT2D eigenvalue weighted by Crippen LogP contribution is 2.30. The lowest BCUT2D eigenvalue weighted by Crippen LogP contribution is -2.46. The molecule has 1 aliphatic heterocycles. The number of urea groups is 1. The van der Waals surface area contributed by atoms with Crippen LogP contribution < -0.4 is 4.90 Å². The zero-order chi connectivity index (χ0) is 22.0. The summed E-state index contributed by atoms with van der Waals surface area (Å²) >= 11 is 1.81. The van der Waals surface area contributed by atoms with Gasteiger partial charge in [-0.1, -0.05) is 18.2 Å². The van der Waals surface area contributed by atoms with E-state index in [2.05, 4.69) is 9.84 Å². The van der Waals surface area contributed by atoms with Crippen LogP contribution in [0, 0.1) is 5.82 Å². The fourth-order valence-electron chi connectivity index (χ4n) is 3.70. The lowest BCUT2D eigenvalue weighted by Gasteiger charge is -2.33. The second-order valence-corrected chi connectivity index (χ2v) is 8.47. The summed E-state index contributed by atoms with van der Waals surface area (Å²) in [6.07, 6.45) is 1.74. The number of fused-ring (bicyclic) bond motifs is 1. The van der Waals surface area contributed by atoms with Crippen molar-refractivity contribution in [3.05, 3.63) is 59.5 Å². The molecule has 162 valence electrons. The Morgan fingerprint density at radius 2 is 2.00 bits per heavy atom. The van der Waals surface area contributed by atoms with Gasteiger partial charge in [0.25, 0.3) is 0 Å². The number of benzene rings is 2. The molecule has 0 aliphatic carbocycles. The van der Waals surface area contributed by atoms with E-state index < -0.39 is 11.8 Å². The molecule has 0 bridgehead atoms. The first-order valence-corrected chi connectivity index (χ1v) is 11.1. The van der Waals surface area contributed by atoms with Crippen molar-refractivity contribution in [2.75, 3.05) is 36.6 Å². The number of esters is 1. The molecule has 1 aliphatic rings. The third-order valence-electron chi connectivity index (χ3n) is 5.35. The van der Waals surface area contributed by atoms with Gasteiger partial charge in [0.1, 0.15) is 5.82 Å². The number of hydrogen-bond acceptors (Lipinski definition) is 5. The van der Waals surface area contributed by atoms with Crippen LogP contribution in [0.5, 0.6) is 0 Å². The highest BCUT2D eigenvalue weighted by molar-refractivity contribution is 7.99. The highest BCUT2D eigenvalue weighted by atomic mass is 32.2. The summed E-state index contributed by atoms with van der Waals surface area (Å²) in [6, 6.07) is 9.64. The molecule has 2 aromatic carbocycles. The quantitative estimate of drug-likeness (QED) is 0.577. The van der Waals surface area contributed by atoms with Crippen LogP contribution in [0.25, 0.3) is 10.9 Å². The maximum atomic E-state index is 14.9. The maximum Gasteiger partial charge on any atom is 0.337 e. The van der Waals surface area contributed by atoms with Gasteiger partial charge >= 0.3 is 12.0 Å². The Morgan fingerprint density at radius 1 is 1.23 bits per heavy atom. The average Bonchev–Trinajstić information content (AvgIpc) is 3.19. The number of amides is 2. The van der Waals surface area contributed by atoms with Gasteiger partial charge in [-0.25, -0.2) is 14.0 Å². The topological polar surface area (TPSA) is 67.7 Å². The summed E-state index contributed by atoms with van der Waals surface area (Å²) in [5.41, 5.74) is 1.90. The van der Waals surface area contributed by atoms with Gasteiger partial charge in [0, 0.05) is 42.6 Å². The number of thioether (sulfide) groups is 1. The van der Waals surface area contributed by atoms with E-state index in [1.165, 1.54) is 19.2 Å². The van der Waals surface area contributed by atoms with E-state index in [-0.39, 0.29) is 18.1 Å². The molecular weight excluding hydrogens is 419 g/mol. The van der Waals surface area contributed by atoms with Crippen molar-refractivity contribution in [2.24, 2.45) is 7.05 Å². The Labute approximate surface area is 183 Å². The molecule has 0 spiro atoms. The molecule has 31 heavy (non-hydrogen) atoms. The van der Waals surface area contributed by atoms with E-state index >= 15 is 0 Å². The number of aromatic nitrogens is 2. The normalized spacial score (nSPS) is 14.0. The van der Waals surface area contributed by atoms with Crippen LogP contribution in [0.1, 0.15) is 15.9 Å². The number of para-hydroxylation sites is 1. The Bertz CT molecular complexity index is 1130. The molecule has 1 fully saturated rings. The Balaban J connectivity index is 1.75. The number of carbonyl (C=O) groups excluding carboxylic acids is 2. The van der Waals surface area contributed by atoms with Crippen LogP contribution in [0.3, 0.4) is 0 Å². The molecule has 0 atom stereocenters. The van der Waals surface area contributed by atoms with Gasteiger partial charge in [0.15, 0.2) is 0 Å². The monoisotopic (exact) mass is 442 g/mol. The molecule has 2 amide bonds. The number of ether oxygens (including phenoxy) is 1. The first-order chi connectivity index (χ1) is 15.0. The van der Waals surface area contributed by atoms with E-state index in [4.69, 9.17) is 0 Å². The number of rotatable bonds is 4. The first kappa shape index (κ1) is 21.2. The summed E-state index contributed by atoms with van der Waals surface area (Å²) in [5, 5.41) is 5.21. The first-order valence-electron chi connectivity index (χ1n) is 9.91. The summed E-state index contributed by atoms with van der Waals surface area (Å²) in [7, 11) is 3.07. The van der Waals surface area contributed by atoms with Crippen molar-refractivity contribution in [2.45, 2.75) is 6.54 Å². The van der Waals surface area contributed by atoms with Gasteiger partial charge in [-0.3, -0.25) is 9.58 Å². The lowest BCUT2D eigenvalue weighted by atomic mass is 10.1. The fourth-order valence-corrected chi connectivity index (χ4v) is 4.60. The van der Waals surface area contributed by atoms with Crippen LogP contribution in [-0.4, -0.2) is 58.4 Å². The molecule has 9 heteroatoms. The van der Waals surface area contributed by atoms with Crippen LogP contribution in [0.4, 0.5) is 14.9 Å². The largest absolute Gasteiger partial charge is 0.465 e. The summed E-state index contributed by atoms with van der Waals surface area (Å²) < 4.78 is 21.3. The third kappa shape index (κ3) is 4.23. The fraction of sp³-hybridized carbons (Fsp3) is 0.318. The predicted molar refractivity (Wildman–Crippen MR) is 119 cm³/mol. The number of aryl methyl sites for hydroxylation is 1. The minimum atomic E-state index is -0.608. The minimum Gasteiger partial charge on any atom is -0.465 e. The van der Waals surface area contributed by atoms with Crippen molar-refractivity contribution in [3.8, 4) is 0 Å². The predicted octanol–water partition coefficient (Wildman–Crippen LogP) is 3.67. The Morgan fingerprint density at radius 3 is 2.71 bits per heavy atom. The molecule has 1 saturated heterocycles. The van der Waals surface area contributed by atoms with Crippen LogP contribution >= 0.6 is 11.8 Å². The second kappa shape index (κ2) is 8.97. The second-order valence-electron chi connectivity index (χ2n) is 7.25. The average molecular weight is 443 g/mol. The van der Waals surface area contributed by atoms with Crippen LogP contribution in [-0.2, 0) is 18.3 Å². The van der Waals surface area contributed by atoms with Gasteiger partial charge in [0.05, 0.1) is 36.6 Å². The van der Waals surface area contributed by atoms with Gasteiger partial charge in [-0.15, -0.1) is 0 Å². The van der Waals surface area contributed by atoms with Crippen molar-refractivity contribution in [1.29, 1.82) is 0 Å². The number of nitrogens with zero attached hydrogens (tertiary/aromatic N) is 4. The summed E-state index contributed by atoms with van der Waals surface area (Å²) in [6.45, 7) is 1.32. The van der Waals surface area contributed by atoms with Gasteiger partial charge in [-0.05, 0) is 18.2 Å². The number of carbonyl (C=O) groups is 2. The molecule has 0 unspecified atom stereocenters. The number of anilines is 1. The molecule has 2 heterocycles. The van der Waals surface area contributed by atoms with Gasteiger partial charge in [-0.2, -0.15) is 16.9 Å².